The smallest absolute Gasteiger partial charge is 0.317 e. The average molecular weight is 366 g/mol. The minimum absolute atomic E-state index is 0.230. The molecule has 0 bridgehead atoms. The van der Waals surface area contributed by atoms with Crippen molar-refractivity contribution < 1.29 is 28.9 Å². The molecule has 0 aromatic heterocycles. The number of amides is 2. The Morgan fingerprint density at radius 1 is 1.19 bits per heavy atom. The summed E-state index contributed by atoms with van der Waals surface area (Å²) in [6.45, 7) is 3.21. The zero-order chi connectivity index (χ0) is 19.2. The maximum absolute atomic E-state index is 12.1. The Morgan fingerprint density at radius 3 is 2.35 bits per heavy atom. The number of ether oxygens (including phenoxy) is 3. The molecular weight excluding hydrogens is 340 g/mol. The van der Waals surface area contributed by atoms with Crippen LogP contribution < -0.4 is 19.5 Å². The van der Waals surface area contributed by atoms with E-state index in [-0.39, 0.29) is 12.6 Å². The number of likely N-dealkylation sites (tertiary alicyclic amines) is 1. The summed E-state index contributed by atoms with van der Waals surface area (Å²) in [6, 6.07) is 5.04. The third-order valence-corrected chi connectivity index (χ3v) is 4.47. The van der Waals surface area contributed by atoms with Crippen LogP contribution in [-0.2, 0) is 4.79 Å². The lowest BCUT2D eigenvalue weighted by molar-refractivity contribution is -0.147. The highest BCUT2D eigenvalue weighted by Gasteiger charge is 2.42. The van der Waals surface area contributed by atoms with E-state index in [4.69, 9.17) is 14.2 Å². The van der Waals surface area contributed by atoms with E-state index < -0.39 is 11.4 Å². The van der Waals surface area contributed by atoms with E-state index in [0.717, 1.165) is 0 Å². The van der Waals surface area contributed by atoms with Crippen LogP contribution in [0, 0.1) is 5.41 Å². The summed E-state index contributed by atoms with van der Waals surface area (Å²) in [6.07, 6.45) is 1.09. The molecule has 144 valence electrons. The van der Waals surface area contributed by atoms with E-state index in [1.165, 1.54) is 0 Å². The van der Waals surface area contributed by atoms with E-state index in [2.05, 4.69) is 5.32 Å². The van der Waals surface area contributed by atoms with Crippen LogP contribution in [0.3, 0.4) is 0 Å². The quantitative estimate of drug-likeness (QED) is 0.683. The van der Waals surface area contributed by atoms with Crippen molar-refractivity contribution in [3.8, 4) is 17.2 Å². The molecule has 1 heterocycles. The Hall–Kier alpha value is -2.64. The lowest BCUT2D eigenvalue weighted by Gasteiger charge is -2.20. The van der Waals surface area contributed by atoms with Crippen molar-refractivity contribution in [3.05, 3.63) is 18.2 Å². The molecule has 2 amide bonds. The van der Waals surface area contributed by atoms with Crippen LogP contribution in [0.2, 0.25) is 0 Å². The number of benzene rings is 1. The van der Waals surface area contributed by atoms with Crippen LogP contribution >= 0.6 is 0 Å². The second-order valence-electron chi connectivity index (χ2n) is 6.52. The van der Waals surface area contributed by atoms with Gasteiger partial charge in [-0.3, -0.25) is 4.79 Å². The molecule has 0 radical (unpaired) electrons. The highest BCUT2D eigenvalue weighted by Crippen LogP contribution is 2.30. The van der Waals surface area contributed by atoms with Gasteiger partial charge in [0.05, 0.1) is 26.2 Å². The van der Waals surface area contributed by atoms with Gasteiger partial charge in [-0.1, -0.05) is 0 Å². The third-order valence-electron chi connectivity index (χ3n) is 4.47. The van der Waals surface area contributed by atoms with Crippen molar-refractivity contribution in [2.75, 3.05) is 40.5 Å². The Morgan fingerprint density at radius 2 is 1.81 bits per heavy atom. The molecule has 1 atom stereocenters. The third kappa shape index (κ3) is 4.93. The van der Waals surface area contributed by atoms with Crippen molar-refractivity contribution in [3.63, 3.8) is 0 Å². The molecule has 2 N–H and O–H groups in total. The summed E-state index contributed by atoms with van der Waals surface area (Å²) in [7, 11) is 3.14. The van der Waals surface area contributed by atoms with E-state index in [1.807, 2.05) is 0 Å². The molecule has 0 spiro atoms. The van der Waals surface area contributed by atoms with Gasteiger partial charge in [-0.25, -0.2) is 4.79 Å². The lowest BCUT2D eigenvalue weighted by atomic mass is 9.90. The molecule has 1 aromatic rings. The first-order valence-corrected chi connectivity index (χ1v) is 8.50. The zero-order valence-corrected chi connectivity index (χ0v) is 15.4. The number of nitrogens with zero attached hydrogens (tertiary/aromatic N) is 1. The number of urea groups is 1. The van der Waals surface area contributed by atoms with Gasteiger partial charge in [0, 0.05) is 37.8 Å². The largest absolute Gasteiger partial charge is 0.496 e. The van der Waals surface area contributed by atoms with Gasteiger partial charge in [-0.15, -0.1) is 0 Å². The van der Waals surface area contributed by atoms with Crippen LogP contribution in [0.4, 0.5) is 4.79 Å². The van der Waals surface area contributed by atoms with Gasteiger partial charge >= 0.3 is 12.0 Å². The van der Waals surface area contributed by atoms with Gasteiger partial charge in [-0.2, -0.15) is 0 Å². The molecule has 8 nitrogen and oxygen atoms in total. The number of carboxylic acids is 1. The second-order valence-corrected chi connectivity index (χ2v) is 6.52. The van der Waals surface area contributed by atoms with Crippen LogP contribution in [0.25, 0.3) is 0 Å². The normalized spacial score (nSPS) is 19.1. The minimum Gasteiger partial charge on any atom is -0.496 e. The van der Waals surface area contributed by atoms with Crippen LogP contribution in [0.1, 0.15) is 19.8 Å². The Kier molecular flexibility index (Phi) is 6.54. The Labute approximate surface area is 153 Å². The molecule has 26 heavy (non-hydrogen) atoms. The first-order valence-electron chi connectivity index (χ1n) is 8.50. The molecular formula is C18H26N2O6. The van der Waals surface area contributed by atoms with E-state index >= 15 is 0 Å². The molecule has 1 fully saturated rings. The number of aliphatic carboxylic acids is 1. The summed E-state index contributed by atoms with van der Waals surface area (Å²) in [5.41, 5.74) is -0.855. The molecule has 0 saturated carbocycles. The minimum atomic E-state index is -0.866. The van der Waals surface area contributed by atoms with Crippen molar-refractivity contribution in [2.24, 2.45) is 5.41 Å². The highest BCUT2D eigenvalue weighted by molar-refractivity contribution is 5.79. The van der Waals surface area contributed by atoms with E-state index in [9.17, 15) is 14.7 Å². The number of methoxy groups -OCH3 is 2. The average Bonchev–Trinajstić information content (AvgIpc) is 3.04. The fourth-order valence-corrected chi connectivity index (χ4v) is 2.74. The maximum atomic E-state index is 12.1. The zero-order valence-electron chi connectivity index (χ0n) is 15.4. The Balaban J connectivity index is 1.71. The first kappa shape index (κ1) is 19.7. The molecule has 1 unspecified atom stereocenters. The maximum Gasteiger partial charge on any atom is 0.317 e. The first-order chi connectivity index (χ1) is 12.4. The lowest BCUT2D eigenvalue weighted by Crippen LogP contribution is -2.41. The number of carboxylic acid groups (broad SMARTS) is 1. The monoisotopic (exact) mass is 366 g/mol. The SMILES string of the molecule is COc1cc(OC)cc(OCCCNC(=O)N2CCC(C)(C(=O)O)C2)c1. The van der Waals surface area contributed by atoms with Gasteiger partial charge in [0.25, 0.3) is 0 Å². The molecule has 8 heteroatoms. The summed E-state index contributed by atoms with van der Waals surface area (Å²) < 4.78 is 16.0. The van der Waals surface area contributed by atoms with Crippen molar-refractivity contribution in [1.29, 1.82) is 0 Å². The van der Waals surface area contributed by atoms with Crippen LogP contribution in [0.5, 0.6) is 17.2 Å². The topological polar surface area (TPSA) is 97.3 Å². The van der Waals surface area contributed by atoms with E-state index in [1.54, 1.807) is 44.2 Å². The summed E-state index contributed by atoms with van der Waals surface area (Å²) in [5, 5.41) is 12.0. The van der Waals surface area contributed by atoms with Gasteiger partial charge in [0.1, 0.15) is 17.2 Å². The summed E-state index contributed by atoms with van der Waals surface area (Å²) >= 11 is 0. The number of hydrogen-bond acceptors (Lipinski definition) is 5. The van der Waals surface area contributed by atoms with Gasteiger partial charge in [0.2, 0.25) is 0 Å². The second kappa shape index (κ2) is 8.64. The van der Waals surface area contributed by atoms with Gasteiger partial charge in [-0.05, 0) is 19.8 Å². The molecule has 1 aliphatic heterocycles. The van der Waals surface area contributed by atoms with Crippen molar-refractivity contribution in [1.82, 2.24) is 10.2 Å². The summed E-state index contributed by atoms with van der Waals surface area (Å²) in [4.78, 5) is 24.9. The number of hydrogen-bond donors (Lipinski definition) is 2. The van der Waals surface area contributed by atoms with Gasteiger partial charge in [0.15, 0.2) is 0 Å². The number of carbonyl (C=O) groups is 2. The number of carbonyl (C=O) groups excluding carboxylic acids is 1. The van der Waals surface area contributed by atoms with Crippen molar-refractivity contribution in [2.45, 2.75) is 19.8 Å². The molecule has 2 rings (SSSR count). The van der Waals surface area contributed by atoms with Crippen LogP contribution in [0.15, 0.2) is 18.2 Å². The van der Waals surface area contributed by atoms with Gasteiger partial charge < -0.3 is 29.5 Å². The van der Waals surface area contributed by atoms with Crippen molar-refractivity contribution >= 4 is 12.0 Å². The fourth-order valence-electron chi connectivity index (χ4n) is 2.74. The Bertz CT molecular complexity index is 628. The molecule has 1 aliphatic rings. The molecule has 0 aliphatic carbocycles. The highest BCUT2D eigenvalue weighted by atomic mass is 16.5. The predicted octanol–water partition coefficient (Wildman–Crippen LogP) is 1.98. The number of rotatable bonds is 8. The molecule has 1 aromatic carbocycles. The fraction of sp³-hybridized carbons (Fsp3) is 0.556. The summed E-state index contributed by atoms with van der Waals surface area (Å²) in [5.74, 6) is 1.05. The van der Waals surface area contributed by atoms with E-state index in [0.29, 0.717) is 49.8 Å². The standard InChI is InChI=1S/C18H26N2O6/c1-18(16(21)22)5-7-20(12-18)17(23)19-6-4-8-26-15-10-13(24-2)9-14(11-15)25-3/h9-11H,4-8,12H2,1-3H3,(H,19,23)(H,21,22). The number of nitrogens with one attached hydrogen (secondary N) is 1. The van der Waals surface area contributed by atoms with Crippen LogP contribution in [-0.4, -0.2) is 62.5 Å². The molecule has 1 saturated heterocycles. The predicted molar refractivity (Wildman–Crippen MR) is 95.0 cm³/mol.